The Balaban J connectivity index is -0.0000000817. The van der Waals surface area contributed by atoms with E-state index in [0.29, 0.717) is 0 Å². The van der Waals surface area contributed by atoms with Crippen molar-refractivity contribution in [3.05, 3.63) is 0 Å². The summed E-state index contributed by atoms with van der Waals surface area (Å²) in [6.07, 6.45) is -1.31. The van der Waals surface area contributed by atoms with Gasteiger partial charge in [0, 0.05) is 1.43 Å². The van der Waals surface area contributed by atoms with Gasteiger partial charge in [-0.25, -0.2) is 0 Å². The average molecular weight is 209 g/mol. The molecule has 0 amide bonds. The summed E-state index contributed by atoms with van der Waals surface area (Å²) in [5.74, 6) is -1.80. The third-order valence-electron chi connectivity index (χ3n) is 0.329. The van der Waals surface area contributed by atoms with Crippen LogP contribution in [-0.4, -0.2) is 22.5 Å². The summed E-state index contributed by atoms with van der Waals surface area (Å²) in [5.41, 5.74) is 0. The molecule has 1 radical (unpaired) electrons. The van der Waals surface area contributed by atoms with Crippen molar-refractivity contribution in [1.29, 1.82) is 0 Å². The molecular weight excluding hydrogens is 202 g/mol. The molecule has 0 aromatic rings. The Morgan fingerprint density at radius 1 is 1.60 bits per heavy atom. The molecule has 61 valence electrons. The second-order valence-corrected chi connectivity index (χ2v) is 2.76. The van der Waals surface area contributed by atoms with Gasteiger partial charge in [-0.3, -0.25) is 4.89 Å². The Bertz CT molecular complexity index is 103. The molecule has 0 rings (SSSR count). The minimum Gasteiger partial charge on any atom is -0.659 e. The number of carboxylic acids is 1. The van der Waals surface area contributed by atoms with E-state index in [-0.39, 0.29) is 25.5 Å². The fourth-order valence-corrected chi connectivity index (χ4v) is 0.489. The van der Waals surface area contributed by atoms with Crippen LogP contribution in [0.5, 0.6) is 0 Å². The van der Waals surface area contributed by atoms with E-state index in [0.717, 1.165) is 0 Å². The van der Waals surface area contributed by atoms with Crippen LogP contribution in [0.25, 0.3) is 0 Å². The van der Waals surface area contributed by atoms with Crippen molar-refractivity contribution in [2.24, 2.45) is 0 Å². The van der Waals surface area contributed by atoms with Crippen LogP contribution in [0.1, 0.15) is 1.43 Å². The van der Waals surface area contributed by atoms with Crippen molar-refractivity contribution in [3.63, 3.8) is 0 Å². The molecule has 3 N–H and O–H groups in total. The first-order chi connectivity index (χ1) is 3.42. The van der Waals surface area contributed by atoms with Crippen molar-refractivity contribution in [2.75, 3.05) is 6.16 Å². The molecule has 0 atom stereocenters. The predicted molar refractivity (Wildman–Crippen MR) is 24.7 cm³/mol. The monoisotopic (exact) mass is 209 g/mol. The van der Waals surface area contributed by atoms with E-state index in [1.54, 1.807) is 0 Å². The van der Waals surface area contributed by atoms with Gasteiger partial charge >= 0.3 is 18.6 Å². The molecule has 0 aliphatic rings. The summed E-state index contributed by atoms with van der Waals surface area (Å²) in [6.45, 7) is 0. The number of rotatable bonds is 2. The minimum absolute atomic E-state index is 0. The van der Waals surface area contributed by atoms with E-state index < -0.39 is 20.1 Å². The summed E-state index contributed by atoms with van der Waals surface area (Å²) < 4.78 is 0. The average Bonchev–Trinajstić information content (AvgIpc) is 1.21. The largest absolute Gasteiger partial charge is 2.00 e. The normalized spacial score (nSPS) is 9.10. The number of carbonyl (C=O) groups excluding carboxylic acids is 1. The van der Waals surface area contributed by atoms with Crippen LogP contribution in [0.2, 0.25) is 0 Å². The molecule has 0 aromatic heterocycles. The second-order valence-electron chi connectivity index (χ2n) is 1.17. The maximum Gasteiger partial charge on any atom is 2.00 e. The van der Waals surface area contributed by atoms with E-state index in [4.69, 9.17) is 4.89 Å². The van der Waals surface area contributed by atoms with Crippen LogP contribution in [-0.2, 0) is 23.4 Å². The Morgan fingerprint density at radius 3 is 1.90 bits per heavy atom. The number of carbonyl (C=O) groups is 1. The summed E-state index contributed by atoms with van der Waals surface area (Å²) in [4.78, 5) is 36.3. The molecule has 6 nitrogen and oxygen atoms in total. The molecule has 0 saturated heterocycles. The first-order valence-corrected chi connectivity index (χ1v) is 3.41. The van der Waals surface area contributed by atoms with Crippen molar-refractivity contribution in [1.82, 2.24) is 0 Å². The number of carboxylic acid groups (broad SMARTS) is 1. The minimum atomic E-state index is -4.63. The number of aliphatic carboxylic acids is 1. The maximum absolute atomic E-state index is 9.60. The first-order valence-electron chi connectivity index (χ1n) is 1.64. The standard InChI is InChI=1S/C2H5O5P.H2O.V.H2/c3-2(4)1-8(5,6)7;;;/h1H2,(H,3,4)(H2,5,6,7);1H2;;1H/q;;+2;/p-2. The fourth-order valence-electron chi connectivity index (χ4n) is 0.163. The van der Waals surface area contributed by atoms with Crippen LogP contribution in [0.4, 0.5) is 0 Å². The van der Waals surface area contributed by atoms with Crippen LogP contribution < -0.4 is 14.9 Å². The first kappa shape index (κ1) is 16.7. The van der Waals surface area contributed by atoms with Crippen molar-refractivity contribution in [2.45, 2.75) is 0 Å². The third kappa shape index (κ3) is 15.8. The molecule has 8 heteroatoms. The molecule has 0 bridgehead atoms. The van der Waals surface area contributed by atoms with E-state index in [1.165, 1.54) is 0 Å². The van der Waals surface area contributed by atoms with Crippen molar-refractivity contribution in [3.8, 4) is 0 Å². The van der Waals surface area contributed by atoms with Gasteiger partial charge in [-0.15, -0.1) is 0 Å². The molecule has 10 heavy (non-hydrogen) atoms. The summed E-state index contributed by atoms with van der Waals surface area (Å²) >= 11 is 0. The Kier molecular flexibility index (Phi) is 10.1. The van der Waals surface area contributed by atoms with Crippen molar-refractivity contribution < 1.29 is 50.0 Å². The molecule has 0 spiro atoms. The van der Waals surface area contributed by atoms with Gasteiger partial charge in [0.05, 0.1) is 13.9 Å². The number of hydrogen-bond acceptors (Lipinski definition) is 5. The Morgan fingerprint density at radius 2 is 1.90 bits per heavy atom. The van der Waals surface area contributed by atoms with Crippen LogP contribution in [0, 0.1) is 0 Å². The van der Waals surface area contributed by atoms with Gasteiger partial charge in [-0.05, 0) is 0 Å². The van der Waals surface area contributed by atoms with Gasteiger partial charge in [0.1, 0.15) is 6.16 Å². The summed E-state index contributed by atoms with van der Waals surface area (Å²) in [6, 6.07) is 0. The van der Waals surface area contributed by atoms with Gasteiger partial charge in [0.2, 0.25) is 0 Å². The molecule has 0 fully saturated rings. The quantitative estimate of drug-likeness (QED) is 0.457. The molecule has 0 saturated carbocycles. The zero-order valence-corrected chi connectivity index (χ0v) is 6.97. The van der Waals surface area contributed by atoms with Crippen molar-refractivity contribution >= 4 is 13.9 Å². The van der Waals surface area contributed by atoms with Gasteiger partial charge in [0.15, 0.2) is 0 Å². The predicted octanol–water partition coefficient (Wildman–Crippen LogP) is -4.37. The van der Waals surface area contributed by atoms with E-state index >= 15 is 0 Å². The molecule has 0 heterocycles. The molecule has 0 aliphatic carbocycles. The van der Waals surface area contributed by atoms with E-state index in [2.05, 4.69) is 0 Å². The Hall–Kier alpha value is 0.324. The molecule has 0 aromatic carbocycles. The molecule has 0 aliphatic heterocycles. The third-order valence-corrected chi connectivity index (χ3v) is 0.987. The molecular formula is C2H7O6PV. The van der Waals surface area contributed by atoms with Crippen LogP contribution in [0.15, 0.2) is 0 Å². The second kappa shape index (κ2) is 6.06. The van der Waals surface area contributed by atoms with Gasteiger partial charge in [0.25, 0.3) is 0 Å². The maximum atomic E-state index is 9.60. The van der Waals surface area contributed by atoms with Crippen LogP contribution in [0.3, 0.4) is 0 Å². The topological polar surface area (TPSA) is 138 Å². The zero-order valence-electron chi connectivity index (χ0n) is 4.68. The zero-order chi connectivity index (χ0) is 6.78. The summed E-state index contributed by atoms with van der Waals surface area (Å²) in [7, 11) is -4.63. The van der Waals surface area contributed by atoms with Gasteiger partial charge in [-0.2, -0.15) is 0 Å². The van der Waals surface area contributed by atoms with Gasteiger partial charge < -0.3 is 25.2 Å². The van der Waals surface area contributed by atoms with Crippen LogP contribution >= 0.6 is 7.94 Å². The summed E-state index contributed by atoms with van der Waals surface area (Å²) in [5, 5.41) is 9.37. The Labute approximate surface area is 70.8 Å². The SMILES string of the molecule is O.O=C([O-])C[P+]([O-])([O-])O.[HH].[V+2]. The van der Waals surface area contributed by atoms with E-state index in [9.17, 15) is 19.7 Å². The fraction of sp³-hybridized carbons (Fsp3) is 0.500. The molecule has 0 unspecified atom stereocenters. The number of hydrogen-bond donors (Lipinski definition) is 1. The van der Waals surface area contributed by atoms with E-state index in [1.807, 2.05) is 0 Å². The van der Waals surface area contributed by atoms with Gasteiger partial charge in [-0.1, -0.05) is 0 Å². The smallest absolute Gasteiger partial charge is 0.659 e.